The van der Waals surface area contributed by atoms with E-state index >= 15 is 0 Å². The Labute approximate surface area is 194 Å². The third-order valence-corrected chi connectivity index (χ3v) is 8.31. The minimum atomic E-state index is -0.231. The average Bonchev–Trinajstić information content (AvgIpc) is 2.86. The predicted molar refractivity (Wildman–Crippen MR) is 141 cm³/mol. The van der Waals surface area contributed by atoms with Gasteiger partial charge in [-0.15, -0.1) is 0 Å². The molecule has 1 atom stereocenters. The van der Waals surface area contributed by atoms with Crippen LogP contribution >= 0.6 is 0 Å². The van der Waals surface area contributed by atoms with Gasteiger partial charge < -0.3 is 0 Å². The minimum absolute atomic E-state index is 0.0787. The molecule has 7 rings (SSSR count). The van der Waals surface area contributed by atoms with Crippen LogP contribution in [-0.2, 0) is 10.8 Å². The molecule has 0 N–H and O–H groups in total. The second-order valence-corrected chi connectivity index (χ2v) is 10.3. The molecule has 0 aliphatic heterocycles. The monoisotopic (exact) mass is 422 g/mol. The lowest BCUT2D eigenvalue weighted by Gasteiger charge is -2.46. The maximum absolute atomic E-state index is 2.49. The fourth-order valence-corrected chi connectivity index (χ4v) is 6.66. The Hall–Kier alpha value is -3.64. The lowest BCUT2D eigenvalue weighted by molar-refractivity contribution is 0.546. The molecule has 0 amide bonds. The van der Waals surface area contributed by atoms with E-state index in [0.717, 1.165) is 0 Å². The van der Waals surface area contributed by atoms with Crippen LogP contribution in [0.3, 0.4) is 0 Å². The molecule has 0 saturated carbocycles. The summed E-state index contributed by atoms with van der Waals surface area (Å²) in [6.45, 7) is 7.23. The van der Waals surface area contributed by atoms with Crippen LogP contribution < -0.4 is 0 Å². The number of rotatable bonds is 1. The van der Waals surface area contributed by atoms with Crippen LogP contribution in [0.4, 0.5) is 0 Å². The molecule has 1 aliphatic carbocycles. The summed E-state index contributed by atoms with van der Waals surface area (Å²) in [5, 5.41) is 8.17. The van der Waals surface area contributed by atoms with Crippen molar-refractivity contribution in [1.29, 1.82) is 0 Å². The fourth-order valence-electron chi connectivity index (χ4n) is 6.66. The molecule has 0 fully saturated rings. The normalized spacial score (nSPS) is 19.1. The number of hydrogen-bond donors (Lipinski definition) is 0. The summed E-state index contributed by atoms with van der Waals surface area (Å²) >= 11 is 0. The van der Waals surface area contributed by atoms with Crippen molar-refractivity contribution in [1.82, 2.24) is 0 Å². The highest BCUT2D eigenvalue weighted by atomic mass is 14.5. The van der Waals surface area contributed by atoms with Crippen molar-refractivity contribution in [2.24, 2.45) is 0 Å². The Kier molecular flexibility index (Phi) is 3.57. The molecule has 0 nitrogen and oxygen atoms in total. The van der Waals surface area contributed by atoms with Crippen LogP contribution in [-0.4, -0.2) is 0 Å². The van der Waals surface area contributed by atoms with Crippen LogP contribution in [0.15, 0.2) is 103 Å². The zero-order valence-corrected chi connectivity index (χ0v) is 19.3. The van der Waals surface area contributed by atoms with E-state index in [1.807, 2.05) is 0 Å². The molecular weight excluding hydrogens is 396 g/mol. The molecule has 0 radical (unpaired) electrons. The van der Waals surface area contributed by atoms with Gasteiger partial charge in [-0.05, 0) is 73.1 Å². The highest BCUT2D eigenvalue weighted by Crippen LogP contribution is 2.56. The van der Waals surface area contributed by atoms with E-state index < -0.39 is 0 Å². The van der Waals surface area contributed by atoms with Crippen LogP contribution in [0.5, 0.6) is 0 Å². The Balaban J connectivity index is 1.75. The molecule has 1 unspecified atom stereocenters. The topological polar surface area (TPSA) is 0 Å². The molecule has 158 valence electrons. The van der Waals surface area contributed by atoms with Crippen LogP contribution in [0.2, 0.25) is 0 Å². The van der Waals surface area contributed by atoms with Gasteiger partial charge in [0.05, 0.1) is 0 Å². The summed E-state index contributed by atoms with van der Waals surface area (Å²) in [5.41, 5.74) is 6.79. The molecule has 33 heavy (non-hydrogen) atoms. The molecule has 6 aromatic carbocycles. The van der Waals surface area contributed by atoms with Crippen molar-refractivity contribution in [3.8, 4) is 0 Å². The summed E-state index contributed by atoms with van der Waals surface area (Å²) in [6.07, 6.45) is 0. The first-order valence-electron chi connectivity index (χ1n) is 11.9. The molecule has 0 saturated heterocycles. The summed E-state index contributed by atoms with van der Waals surface area (Å²) < 4.78 is 0. The maximum atomic E-state index is 2.49. The van der Waals surface area contributed by atoms with Crippen molar-refractivity contribution in [2.45, 2.75) is 31.6 Å². The molecule has 0 bridgehead atoms. The number of benzene rings is 6. The zero-order valence-electron chi connectivity index (χ0n) is 19.3. The smallest absolute Gasteiger partial charge is 0.0435 e. The first-order chi connectivity index (χ1) is 16.0. The lowest BCUT2D eigenvalue weighted by Crippen LogP contribution is -2.39. The van der Waals surface area contributed by atoms with E-state index in [0.29, 0.717) is 0 Å². The van der Waals surface area contributed by atoms with E-state index in [1.165, 1.54) is 60.1 Å². The van der Waals surface area contributed by atoms with Gasteiger partial charge in [0.1, 0.15) is 0 Å². The maximum Gasteiger partial charge on any atom is 0.0435 e. The second kappa shape index (κ2) is 6.23. The van der Waals surface area contributed by atoms with E-state index in [-0.39, 0.29) is 10.8 Å². The van der Waals surface area contributed by atoms with Crippen LogP contribution in [0.25, 0.3) is 32.3 Å². The van der Waals surface area contributed by atoms with Gasteiger partial charge in [-0.1, -0.05) is 111 Å². The zero-order chi connectivity index (χ0) is 22.4. The molecular formula is C33H26. The largest absolute Gasteiger partial charge is 0.0622 e. The summed E-state index contributed by atoms with van der Waals surface area (Å²) in [4.78, 5) is 0. The van der Waals surface area contributed by atoms with E-state index in [4.69, 9.17) is 0 Å². The first kappa shape index (κ1) is 18.9. The number of fused-ring (bicyclic) bond motifs is 3. The van der Waals surface area contributed by atoms with E-state index in [1.54, 1.807) is 0 Å². The van der Waals surface area contributed by atoms with Gasteiger partial charge in [0, 0.05) is 10.8 Å². The van der Waals surface area contributed by atoms with Crippen molar-refractivity contribution in [3.05, 3.63) is 131 Å². The van der Waals surface area contributed by atoms with Gasteiger partial charge >= 0.3 is 0 Å². The average molecular weight is 423 g/mol. The summed E-state index contributed by atoms with van der Waals surface area (Å²) in [6, 6.07) is 38.6. The highest BCUT2D eigenvalue weighted by Gasteiger charge is 2.46. The van der Waals surface area contributed by atoms with E-state index in [9.17, 15) is 0 Å². The minimum Gasteiger partial charge on any atom is -0.0622 e. The standard InChI is InChI=1S/C33H26/c1-32(2)26-14-7-8-15-27(26)33(3,24-12-5-4-6-13-24)31-25-19-18-22-11-9-10-21-16-17-23(20-28(31)32)30(25)29(21)22/h4-20H,1-3H3. The molecule has 0 spiro atoms. The Bertz CT molecular complexity index is 1670. The Morgan fingerprint density at radius 3 is 1.88 bits per heavy atom. The predicted octanol–water partition coefficient (Wildman–Crippen LogP) is 8.58. The summed E-state index contributed by atoms with van der Waals surface area (Å²) in [7, 11) is 0. The highest BCUT2D eigenvalue weighted by molar-refractivity contribution is 6.24. The molecule has 1 aliphatic rings. The van der Waals surface area contributed by atoms with Gasteiger partial charge in [0.25, 0.3) is 0 Å². The number of hydrogen-bond acceptors (Lipinski definition) is 0. The first-order valence-corrected chi connectivity index (χ1v) is 11.9. The van der Waals surface area contributed by atoms with Gasteiger partial charge in [-0.25, -0.2) is 0 Å². The Morgan fingerprint density at radius 2 is 1.12 bits per heavy atom. The van der Waals surface area contributed by atoms with Gasteiger partial charge in [0.15, 0.2) is 0 Å². The quantitative estimate of drug-likeness (QED) is 0.233. The molecule has 0 heterocycles. The van der Waals surface area contributed by atoms with Crippen LogP contribution in [0, 0.1) is 0 Å². The van der Waals surface area contributed by atoms with Gasteiger partial charge in [-0.2, -0.15) is 0 Å². The fraction of sp³-hybridized carbons (Fsp3) is 0.152. The molecule has 0 heteroatoms. The van der Waals surface area contributed by atoms with Gasteiger partial charge in [0.2, 0.25) is 0 Å². The summed E-state index contributed by atoms with van der Waals surface area (Å²) in [5.74, 6) is 0. The SMILES string of the molecule is CC1(C)c2ccccc2C(C)(c2ccccc2)c2c1cc1ccc3cccc4ccc2c1c34. The molecule has 0 aromatic heterocycles. The Morgan fingerprint density at radius 1 is 0.485 bits per heavy atom. The van der Waals surface area contributed by atoms with Crippen LogP contribution in [0.1, 0.15) is 48.6 Å². The van der Waals surface area contributed by atoms with Crippen molar-refractivity contribution in [3.63, 3.8) is 0 Å². The lowest BCUT2D eigenvalue weighted by atomic mass is 9.56. The van der Waals surface area contributed by atoms with Gasteiger partial charge in [-0.3, -0.25) is 0 Å². The van der Waals surface area contributed by atoms with Crippen molar-refractivity contribution < 1.29 is 0 Å². The second-order valence-electron chi connectivity index (χ2n) is 10.3. The molecule has 6 aromatic rings. The third kappa shape index (κ3) is 2.26. The third-order valence-electron chi connectivity index (χ3n) is 8.31. The van der Waals surface area contributed by atoms with E-state index in [2.05, 4.69) is 124 Å². The van der Waals surface area contributed by atoms with Crippen molar-refractivity contribution in [2.75, 3.05) is 0 Å². The van der Waals surface area contributed by atoms with Crippen molar-refractivity contribution >= 4 is 32.3 Å².